The first-order valence-electron chi connectivity index (χ1n) is 5.07. The van der Waals surface area contributed by atoms with E-state index in [2.05, 4.69) is 4.72 Å². The molecule has 0 aliphatic rings. The maximum absolute atomic E-state index is 11.1. The van der Waals surface area contributed by atoms with E-state index in [1.807, 2.05) is 0 Å². The van der Waals surface area contributed by atoms with E-state index >= 15 is 0 Å². The van der Waals surface area contributed by atoms with Gasteiger partial charge in [0.2, 0.25) is 0 Å². The molecule has 5 nitrogen and oxygen atoms in total. The van der Waals surface area contributed by atoms with Gasteiger partial charge in [-0.2, -0.15) is 13.1 Å². The number of hydrogen-bond acceptors (Lipinski definition) is 3. The van der Waals surface area contributed by atoms with Gasteiger partial charge in [0.1, 0.15) is 0 Å². The van der Waals surface area contributed by atoms with Crippen LogP contribution in [0.15, 0.2) is 18.2 Å². The maximum atomic E-state index is 11.1. The molecule has 0 aromatic heterocycles. The van der Waals surface area contributed by atoms with E-state index in [4.69, 9.17) is 33.1 Å². The fraction of sp³-hybridized carbons (Fsp3) is 0.400. The average Bonchev–Trinajstić information content (AvgIpc) is 2.26. The van der Waals surface area contributed by atoms with Crippen LogP contribution in [-0.4, -0.2) is 22.1 Å². The third kappa shape index (κ3) is 5.09. The largest absolute Gasteiger partial charge is 0.385 e. The lowest BCUT2D eigenvalue weighted by Crippen LogP contribution is -2.34. The molecule has 0 heterocycles. The van der Waals surface area contributed by atoms with Crippen LogP contribution in [0.25, 0.3) is 0 Å². The van der Waals surface area contributed by atoms with E-state index in [0.29, 0.717) is 28.6 Å². The molecular formula is C10H14Cl2N2O3S. The van der Waals surface area contributed by atoms with E-state index < -0.39 is 16.3 Å². The lowest BCUT2D eigenvalue weighted by atomic mass is 10.1. The molecule has 1 aromatic carbocycles. The third-order valence-corrected chi connectivity index (χ3v) is 3.62. The highest BCUT2D eigenvalue weighted by molar-refractivity contribution is 7.87. The maximum Gasteiger partial charge on any atom is 0.274 e. The van der Waals surface area contributed by atoms with Crippen molar-refractivity contribution in [2.75, 3.05) is 13.7 Å². The summed E-state index contributed by atoms with van der Waals surface area (Å²) in [5.41, 5.74) is 0.676. The minimum Gasteiger partial charge on any atom is -0.385 e. The lowest BCUT2D eigenvalue weighted by Gasteiger charge is -2.17. The van der Waals surface area contributed by atoms with Crippen molar-refractivity contribution in [3.8, 4) is 0 Å². The molecule has 0 bridgehead atoms. The summed E-state index contributed by atoms with van der Waals surface area (Å²) in [6, 6.07) is 4.38. The van der Waals surface area contributed by atoms with Gasteiger partial charge in [0.05, 0.1) is 16.1 Å². The summed E-state index contributed by atoms with van der Waals surface area (Å²) >= 11 is 11.7. The van der Waals surface area contributed by atoms with Gasteiger partial charge in [0, 0.05) is 13.7 Å². The highest BCUT2D eigenvalue weighted by atomic mass is 35.5. The van der Waals surface area contributed by atoms with Crippen LogP contribution in [-0.2, 0) is 14.9 Å². The SMILES string of the molecule is COCCC(NS(N)(=O)=O)c1ccc(Cl)c(Cl)c1. The van der Waals surface area contributed by atoms with Crippen molar-refractivity contribution in [1.82, 2.24) is 4.72 Å². The molecule has 0 saturated heterocycles. The fourth-order valence-corrected chi connectivity index (χ4v) is 2.41. The Kier molecular flexibility index (Phi) is 5.84. The summed E-state index contributed by atoms with van der Waals surface area (Å²) in [6.45, 7) is 0.382. The Morgan fingerprint density at radius 3 is 2.56 bits per heavy atom. The van der Waals surface area contributed by atoms with Gasteiger partial charge in [-0.15, -0.1) is 0 Å². The molecule has 0 saturated carbocycles. The van der Waals surface area contributed by atoms with Gasteiger partial charge in [0.15, 0.2) is 0 Å². The van der Waals surface area contributed by atoms with Crippen molar-refractivity contribution in [2.24, 2.45) is 5.14 Å². The van der Waals surface area contributed by atoms with Crippen LogP contribution in [0.5, 0.6) is 0 Å². The molecule has 8 heteroatoms. The minimum atomic E-state index is -3.81. The average molecular weight is 313 g/mol. The van der Waals surface area contributed by atoms with Gasteiger partial charge < -0.3 is 4.74 Å². The number of methoxy groups -OCH3 is 1. The van der Waals surface area contributed by atoms with Crippen LogP contribution in [0.3, 0.4) is 0 Å². The van der Waals surface area contributed by atoms with Crippen LogP contribution in [0.4, 0.5) is 0 Å². The number of benzene rings is 1. The monoisotopic (exact) mass is 312 g/mol. The number of halogens is 2. The van der Waals surface area contributed by atoms with Gasteiger partial charge >= 0.3 is 0 Å². The van der Waals surface area contributed by atoms with Crippen molar-refractivity contribution in [2.45, 2.75) is 12.5 Å². The topological polar surface area (TPSA) is 81.4 Å². The third-order valence-electron chi connectivity index (χ3n) is 2.26. The Bertz CT molecular complexity index is 508. The molecule has 1 atom stereocenters. The molecule has 1 aromatic rings. The van der Waals surface area contributed by atoms with E-state index in [1.54, 1.807) is 18.2 Å². The molecule has 0 aliphatic carbocycles. The Morgan fingerprint density at radius 2 is 2.06 bits per heavy atom. The van der Waals surface area contributed by atoms with E-state index in [1.165, 1.54) is 7.11 Å². The predicted molar refractivity (Wildman–Crippen MR) is 71.9 cm³/mol. The molecule has 1 unspecified atom stereocenters. The Hall–Kier alpha value is -0.370. The molecule has 0 radical (unpaired) electrons. The summed E-state index contributed by atoms with van der Waals surface area (Å²) in [5.74, 6) is 0. The highest BCUT2D eigenvalue weighted by Gasteiger charge is 2.17. The Labute approximate surface area is 116 Å². The standard InChI is InChI=1S/C10H14Cl2N2O3S/c1-17-5-4-10(14-18(13,15)16)7-2-3-8(11)9(12)6-7/h2-3,6,10,14H,4-5H2,1H3,(H2,13,15,16). The van der Waals surface area contributed by atoms with Crippen LogP contribution >= 0.6 is 23.2 Å². The van der Waals surface area contributed by atoms with Crippen molar-refractivity contribution in [1.29, 1.82) is 0 Å². The highest BCUT2D eigenvalue weighted by Crippen LogP contribution is 2.27. The summed E-state index contributed by atoms with van der Waals surface area (Å²) in [7, 11) is -2.28. The number of rotatable bonds is 6. The van der Waals surface area contributed by atoms with Crippen molar-refractivity contribution >= 4 is 33.4 Å². The van der Waals surface area contributed by atoms with Crippen molar-refractivity contribution in [3.63, 3.8) is 0 Å². The van der Waals surface area contributed by atoms with E-state index in [-0.39, 0.29) is 0 Å². The second kappa shape index (κ2) is 6.70. The smallest absolute Gasteiger partial charge is 0.274 e. The van der Waals surface area contributed by atoms with Crippen LogP contribution < -0.4 is 9.86 Å². The second-order valence-corrected chi connectivity index (χ2v) is 5.81. The number of hydrogen-bond donors (Lipinski definition) is 2. The summed E-state index contributed by atoms with van der Waals surface area (Å²) in [4.78, 5) is 0. The van der Waals surface area contributed by atoms with E-state index in [0.717, 1.165) is 0 Å². The fourth-order valence-electron chi connectivity index (χ4n) is 1.46. The van der Waals surface area contributed by atoms with Crippen LogP contribution in [0.1, 0.15) is 18.0 Å². The molecule has 0 spiro atoms. The Morgan fingerprint density at radius 1 is 1.39 bits per heavy atom. The number of nitrogens with two attached hydrogens (primary N) is 1. The summed E-state index contributed by atoms with van der Waals surface area (Å²) in [5, 5.41) is 5.73. The Balaban J connectivity index is 2.97. The first-order chi connectivity index (χ1) is 8.33. The van der Waals surface area contributed by atoms with Crippen LogP contribution in [0, 0.1) is 0 Å². The first kappa shape index (κ1) is 15.7. The minimum absolute atomic E-state index is 0.354. The zero-order chi connectivity index (χ0) is 13.8. The normalized spacial score (nSPS) is 13.6. The quantitative estimate of drug-likeness (QED) is 0.841. The van der Waals surface area contributed by atoms with Gasteiger partial charge in [-0.1, -0.05) is 29.3 Å². The van der Waals surface area contributed by atoms with Gasteiger partial charge in [0.25, 0.3) is 10.2 Å². The molecular weight excluding hydrogens is 299 g/mol. The lowest BCUT2D eigenvalue weighted by molar-refractivity contribution is 0.186. The molecule has 0 aliphatic heterocycles. The number of ether oxygens (including phenoxy) is 1. The van der Waals surface area contributed by atoms with E-state index in [9.17, 15) is 8.42 Å². The van der Waals surface area contributed by atoms with Gasteiger partial charge in [-0.25, -0.2) is 5.14 Å². The molecule has 1 rings (SSSR count). The molecule has 102 valence electrons. The zero-order valence-corrected chi connectivity index (χ0v) is 12.0. The predicted octanol–water partition coefficient (Wildman–Crippen LogP) is 1.86. The summed E-state index contributed by atoms with van der Waals surface area (Å²) < 4.78 is 29.4. The summed E-state index contributed by atoms with van der Waals surface area (Å²) in [6.07, 6.45) is 0.435. The van der Waals surface area contributed by atoms with Gasteiger partial charge in [-0.05, 0) is 24.1 Å². The number of nitrogens with one attached hydrogen (secondary N) is 1. The van der Waals surface area contributed by atoms with Gasteiger partial charge in [-0.3, -0.25) is 0 Å². The molecule has 18 heavy (non-hydrogen) atoms. The molecule has 0 fully saturated rings. The van der Waals surface area contributed by atoms with Crippen molar-refractivity contribution < 1.29 is 13.2 Å². The second-order valence-electron chi connectivity index (χ2n) is 3.67. The first-order valence-corrected chi connectivity index (χ1v) is 7.37. The zero-order valence-electron chi connectivity index (χ0n) is 9.69. The molecule has 3 N–H and O–H groups in total. The molecule has 0 amide bonds. The van der Waals surface area contributed by atoms with Crippen molar-refractivity contribution in [3.05, 3.63) is 33.8 Å². The van der Waals surface area contributed by atoms with Crippen LogP contribution in [0.2, 0.25) is 10.0 Å².